The van der Waals surface area contributed by atoms with Gasteiger partial charge in [0.25, 0.3) is 0 Å². The van der Waals surface area contributed by atoms with Crippen molar-refractivity contribution in [3.8, 4) is 0 Å². The summed E-state index contributed by atoms with van der Waals surface area (Å²) >= 11 is 0. The average Bonchev–Trinajstić information content (AvgIpc) is 2.34. The monoisotopic (exact) mass is 257 g/mol. The minimum Gasteiger partial charge on any atom is -0.409 e. The summed E-state index contributed by atoms with van der Waals surface area (Å²) in [7, 11) is 0. The van der Waals surface area contributed by atoms with Crippen LogP contribution in [0.3, 0.4) is 0 Å². The van der Waals surface area contributed by atoms with E-state index >= 15 is 0 Å². The third kappa shape index (κ3) is 8.34. The highest BCUT2D eigenvalue weighted by molar-refractivity contribution is 5.80. The Bertz CT molecular complexity index is 239. The van der Waals surface area contributed by atoms with E-state index < -0.39 is 0 Å². The van der Waals surface area contributed by atoms with Crippen molar-refractivity contribution in [2.75, 3.05) is 6.54 Å². The van der Waals surface area contributed by atoms with Crippen molar-refractivity contribution in [1.29, 1.82) is 0 Å². The summed E-state index contributed by atoms with van der Waals surface area (Å²) in [5.41, 5.74) is 5.86. The van der Waals surface area contributed by atoms with Gasteiger partial charge in [0.15, 0.2) is 0 Å². The number of rotatable bonds is 10. The number of oxime groups is 1. The van der Waals surface area contributed by atoms with Crippen molar-refractivity contribution in [2.24, 2.45) is 16.3 Å². The fourth-order valence-electron chi connectivity index (χ4n) is 2.02. The molecule has 0 saturated heterocycles. The third-order valence-electron chi connectivity index (χ3n) is 3.40. The fourth-order valence-corrected chi connectivity index (χ4v) is 2.02. The van der Waals surface area contributed by atoms with Crippen LogP contribution < -0.4 is 11.1 Å². The smallest absolute Gasteiger partial charge is 0.140 e. The second-order valence-electron chi connectivity index (χ2n) is 5.90. The number of hydrogen-bond acceptors (Lipinski definition) is 3. The first-order valence-corrected chi connectivity index (χ1v) is 7.15. The van der Waals surface area contributed by atoms with Crippen molar-refractivity contribution >= 4 is 5.84 Å². The molecule has 0 amide bonds. The van der Waals surface area contributed by atoms with E-state index in [-0.39, 0.29) is 0 Å². The number of nitrogens with two attached hydrogens (primary N) is 1. The van der Waals surface area contributed by atoms with E-state index in [1.54, 1.807) is 0 Å². The van der Waals surface area contributed by atoms with Gasteiger partial charge in [-0.05, 0) is 18.3 Å². The van der Waals surface area contributed by atoms with Crippen molar-refractivity contribution in [2.45, 2.75) is 72.3 Å². The Hall–Kier alpha value is -0.770. The second kappa shape index (κ2) is 9.20. The van der Waals surface area contributed by atoms with E-state index in [4.69, 9.17) is 10.9 Å². The van der Waals surface area contributed by atoms with E-state index in [1.165, 1.54) is 25.7 Å². The van der Waals surface area contributed by atoms with Gasteiger partial charge in [-0.15, -0.1) is 0 Å². The van der Waals surface area contributed by atoms with Crippen LogP contribution in [0, 0.1) is 5.41 Å². The Morgan fingerprint density at radius 1 is 1.33 bits per heavy atom. The number of hydrogen-bond donors (Lipinski definition) is 3. The minimum atomic E-state index is 0.298. The molecule has 0 aromatic heterocycles. The van der Waals surface area contributed by atoms with E-state index in [1.807, 2.05) is 0 Å². The molecular weight excluding hydrogens is 226 g/mol. The molecule has 0 radical (unpaired) electrons. The Balaban J connectivity index is 4.01. The van der Waals surface area contributed by atoms with Gasteiger partial charge in [0.1, 0.15) is 5.84 Å². The maximum Gasteiger partial charge on any atom is 0.140 e. The zero-order chi connectivity index (χ0) is 14.0. The first-order chi connectivity index (χ1) is 8.45. The maximum absolute atomic E-state index is 8.59. The molecule has 0 spiro atoms. The molecule has 0 aromatic rings. The first-order valence-electron chi connectivity index (χ1n) is 7.15. The molecule has 0 aliphatic rings. The van der Waals surface area contributed by atoms with Crippen LogP contribution in [-0.4, -0.2) is 23.6 Å². The van der Waals surface area contributed by atoms with Gasteiger partial charge < -0.3 is 16.3 Å². The zero-order valence-corrected chi connectivity index (χ0v) is 12.5. The number of nitrogens with zero attached hydrogens (tertiary/aromatic N) is 1. The highest BCUT2D eigenvalue weighted by atomic mass is 16.4. The molecule has 4 nitrogen and oxygen atoms in total. The molecule has 0 fully saturated rings. The Kier molecular flexibility index (Phi) is 8.81. The van der Waals surface area contributed by atoms with Crippen molar-refractivity contribution in [3.05, 3.63) is 0 Å². The molecule has 1 unspecified atom stereocenters. The van der Waals surface area contributed by atoms with Gasteiger partial charge in [-0.2, -0.15) is 0 Å². The number of amidine groups is 1. The molecule has 0 saturated carbocycles. The van der Waals surface area contributed by atoms with Gasteiger partial charge in [0.2, 0.25) is 0 Å². The lowest BCUT2D eigenvalue weighted by Crippen LogP contribution is -2.39. The second-order valence-corrected chi connectivity index (χ2v) is 5.90. The standard InChI is InChI=1S/C14H31N3O/c1-5-7-8-9-14(3,4)11-16-12(6-2)10-13(15)17-18/h12,16,18H,5-11H2,1-4H3,(H2,15,17). The number of unbranched alkanes of at least 4 members (excludes halogenated alkanes) is 2. The summed E-state index contributed by atoms with van der Waals surface area (Å²) in [4.78, 5) is 0. The largest absolute Gasteiger partial charge is 0.409 e. The first kappa shape index (κ1) is 17.2. The number of nitrogens with one attached hydrogen (secondary N) is 1. The fraction of sp³-hybridized carbons (Fsp3) is 0.929. The van der Waals surface area contributed by atoms with Crippen LogP contribution in [0.2, 0.25) is 0 Å². The average molecular weight is 257 g/mol. The van der Waals surface area contributed by atoms with Gasteiger partial charge >= 0.3 is 0 Å². The van der Waals surface area contributed by atoms with E-state index in [0.717, 1.165) is 13.0 Å². The van der Waals surface area contributed by atoms with E-state index in [9.17, 15) is 0 Å². The summed E-state index contributed by atoms with van der Waals surface area (Å²) in [5.74, 6) is 0.304. The minimum absolute atomic E-state index is 0.298. The zero-order valence-electron chi connectivity index (χ0n) is 12.5. The summed E-state index contributed by atoms with van der Waals surface area (Å²) < 4.78 is 0. The van der Waals surface area contributed by atoms with Crippen LogP contribution in [0.5, 0.6) is 0 Å². The maximum atomic E-state index is 8.59. The van der Waals surface area contributed by atoms with Crippen molar-refractivity contribution in [3.63, 3.8) is 0 Å². The van der Waals surface area contributed by atoms with Crippen LogP contribution in [0.15, 0.2) is 5.16 Å². The summed E-state index contributed by atoms with van der Waals surface area (Å²) in [6, 6.07) is 0.298. The lowest BCUT2D eigenvalue weighted by Gasteiger charge is -2.28. The molecular formula is C14H31N3O. The van der Waals surface area contributed by atoms with Crippen LogP contribution in [0.25, 0.3) is 0 Å². The Labute approximate surface area is 112 Å². The Morgan fingerprint density at radius 3 is 2.50 bits per heavy atom. The van der Waals surface area contributed by atoms with Crippen molar-refractivity contribution in [1.82, 2.24) is 5.32 Å². The van der Waals surface area contributed by atoms with Gasteiger partial charge in [-0.3, -0.25) is 0 Å². The normalized spacial score (nSPS) is 14.8. The highest BCUT2D eigenvalue weighted by Gasteiger charge is 2.19. The van der Waals surface area contributed by atoms with Gasteiger partial charge in [-0.1, -0.05) is 52.1 Å². The molecule has 18 heavy (non-hydrogen) atoms. The summed E-state index contributed by atoms with van der Waals surface area (Å²) in [6.45, 7) is 9.92. The van der Waals surface area contributed by atoms with Gasteiger partial charge in [0, 0.05) is 19.0 Å². The third-order valence-corrected chi connectivity index (χ3v) is 3.40. The van der Waals surface area contributed by atoms with Crippen LogP contribution in [0.4, 0.5) is 0 Å². The molecule has 0 rings (SSSR count). The van der Waals surface area contributed by atoms with Crippen LogP contribution in [-0.2, 0) is 0 Å². The molecule has 1 atom stereocenters. The molecule has 0 bridgehead atoms. The van der Waals surface area contributed by atoms with Crippen LogP contribution >= 0.6 is 0 Å². The highest BCUT2D eigenvalue weighted by Crippen LogP contribution is 2.23. The summed E-state index contributed by atoms with van der Waals surface area (Å²) in [6.07, 6.45) is 6.71. The predicted molar refractivity (Wildman–Crippen MR) is 78.0 cm³/mol. The molecule has 0 aromatic carbocycles. The van der Waals surface area contributed by atoms with Crippen molar-refractivity contribution < 1.29 is 5.21 Å². The van der Waals surface area contributed by atoms with E-state index in [2.05, 4.69) is 38.2 Å². The van der Waals surface area contributed by atoms with Gasteiger partial charge in [0.05, 0.1) is 0 Å². The molecule has 0 heterocycles. The molecule has 108 valence electrons. The Morgan fingerprint density at radius 2 is 2.00 bits per heavy atom. The molecule has 4 heteroatoms. The summed E-state index contributed by atoms with van der Waals surface area (Å²) in [5, 5.41) is 15.2. The topological polar surface area (TPSA) is 70.6 Å². The van der Waals surface area contributed by atoms with E-state index in [0.29, 0.717) is 23.7 Å². The molecule has 4 N–H and O–H groups in total. The lowest BCUT2D eigenvalue weighted by molar-refractivity contribution is 0.283. The predicted octanol–water partition coefficient (Wildman–Crippen LogP) is 3.10. The lowest BCUT2D eigenvalue weighted by atomic mass is 9.86. The molecule has 0 aliphatic heterocycles. The van der Waals surface area contributed by atoms with Crippen LogP contribution in [0.1, 0.15) is 66.2 Å². The molecule has 0 aliphatic carbocycles. The van der Waals surface area contributed by atoms with Gasteiger partial charge in [-0.25, -0.2) is 0 Å². The quantitative estimate of drug-likeness (QED) is 0.185. The SMILES string of the molecule is CCCCCC(C)(C)CNC(CC)CC(N)=NO.